The molecule has 0 fully saturated rings. The Labute approximate surface area is 153 Å². The summed E-state index contributed by atoms with van der Waals surface area (Å²) in [5.74, 6) is 0.447. The first-order chi connectivity index (χ1) is 12.7. The van der Waals surface area contributed by atoms with E-state index in [0.29, 0.717) is 31.2 Å². The van der Waals surface area contributed by atoms with Gasteiger partial charge in [-0.1, -0.05) is 30.3 Å². The molecular formula is C19H25N5O2. The van der Waals surface area contributed by atoms with E-state index in [4.69, 9.17) is 0 Å². The number of carbonyl (C=O) groups excluding carboxylic acids is 1. The minimum absolute atomic E-state index is 0.0139. The molecule has 1 amide bonds. The van der Waals surface area contributed by atoms with E-state index < -0.39 is 0 Å². The highest BCUT2D eigenvalue weighted by Gasteiger charge is 2.10. The van der Waals surface area contributed by atoms with Gasteiger partial charge < -0.3 is 21.1 Å². The maximum Gasteiger partial charge on any atom is 0.252 e. The minimum Gasteiger partial charge on any atom is -0.396 e. The van der Waals surface area contributed by atoms with Crippen molar-refractivity contribution in [1.29, 1.82) is 0 Å². The molecule has 0 saturated heterocycles. The van der Waals surface area contributed by atoms with Crippen molar-refractivity contribution in [2.24, 2.45) is 4.99 Å². The lowest BCUT2D eigenvalue weighted by atomic mass is 10.0. The fourth-order valence-electron chi connectivity index (χ4n) is 2.41. The number of aromatic nitrogens is 1. The normalized spacial score (nSPS) is 12.3. The van der Waals surface area contributed by atoms with Gasteiger partial charge in [0.15, 0.2) is 5.96 Å². The lowest BCUT2D eigenvalue weighted by Gasteiger charge is -2.18. The second-order valence-electron chi connectivity index (χ2n) is 5.67. The molecule has 2 aromatic rings. The quantitative estimate of drug-likeness (QED) is 0.318. The third kappa shape index (κ3) is 6.18. The largest absolute Gasteiger partial charge is 0.396 e. The van der Waals surface area contributed by atoms with Crippen molar-refractivity contribution in [3.05, 3.63) is 66.0 Å². The zero-order valence-corrected chi connectivity index (χ0v) is 14.9. The van der Waals surface area contributed by atoms with Gasteiger partial charge >= 0.3 is 0 Å². The van der Waals surface area contributed by atoms with Gasteiger partial charge in [0.25, 0.3) is 5.91 Å². The van der Waals surface area contributed by atoms with Gasteiger partial charge in [-0.3, -0.25) is 14.8 Å². The Morgan fingerprint density at radius 3 is 2.54 bits per heavy atom. The number of guanidine groups is 1. The topological polar surface area (TPSA) is 98.6 Å². The highest BCUT2D eigenvalue weighted by molar-refractivity contribution is 5.93. The van der Waals surface area contributed by atoms with Crippen LogP contribution in [0.5, 0.6) is 0 Å². The number of hydrogen-bond donors (Lipinski definition) is 4. The second kappa shape index (κ2) is 10.8. The average Bonchev–Trinajstić information content (AvgIpc) is 2.71. The summed E-state index contributed by atoms with van der Waals surface area (Å²) in [4.78, 5) is 20.0. The van der Waals surface area contributed by atoms with Crippen LogP contribution in [0.15, 0.2) is 59.9 Å². The maximum atomic E-state index is 11.9. The van der Waals surface area contributed by atoms with Crippen molar-refractivity contribution in [3.63, 3.8) is 0 Å². The van der Waals surface area contributed by atoms with Gasteiger partial charge in [-0.15, -0.1) is 0 Å². The summed E-state index contributed by atoms with van der Waals surface area (Å²) in [5.41, 5.74) is 1.60. The first-order valence-electron chi connectivity index (χ1n) is 8.53. The number of amides is 1. The number of nitrogens with one attached hydrogen (secondary N) is 3. The highest BCUT2D eigenvalue weighted by Crippen LogP contribution is 2.13. The van der Waals surface area contributed by atoms with Crippen LogP contribution in [-0.2, 0) is 0 Å². The number of hydrogen-bond acceptors (Lipinski definition) is 4. The third-order valence-electron chi connectivity index (χ3n) is 3.86. The Hall–Kier alpha value is -2.93. The van der Waals surface area contributed by atoms with Crippen LogP contribution in [0.4, 0.5) is 0 Å². The van der Waals surface area contributed by atoms with E-state index in [0.717, 1.165) is 5.56 Å². The monoisotopic (exact) mass is 355 g/mol. The van der Waals surface area contributed by atoms with Crippen molar-refractivity contribution in [1.82, 2.24) is 20.9 Å². The van der Waals surface area contributed by atoms with Crippen LogP contribution >= 0.6 is 0 Å². The van der Waals surface area contributed by atoms with Crippen molar-refractivity contribution in [2.75, 3.05) is 33.3 Å². The van der Waals surface area contributed by atoms with Crippen molar-refractivity contribution in [2.45, 2.75) is 5.92 Å². The van der Waals surface area contributed by atoms with Crippen molar-refractivity contribution in [3.8, 4) is 0 Å². The lowest BCUT2D eigenvalue weighted by Crippen LogP contribution is -2.43. The maximum absolute atomic E-state index is 11.9. The van der Waals surface area contributed by atoms with E-state index in [-0.39, 0.29) is 18.4 Å². The molecule has 7 nitrogen and oxygen atoms in total. The Morgan fingerprint density at radius 1 is 1.12 bits per heavy atom. The SMILES string of the molecule is CN=C(NCCNC(=O)c1cccnc1)NCC(CO)c1ccccc1. The fraction of sp³-hybridized carbons (Fsp3) is 0.316. The molecule has 1 unspecified atom stereocenters. The number of aliphatic imine (C=N–C) groups is 1. The van der Waals surface area contributed by atoms with Gasteiger partial charge in [0.05, 0.1) is 12.2 Å². The number of aliphatic hydroxyl groups excluding tert-OH is 1. The van der Waals surface area contributed by atoms with Gasteiger partial charge in [0.2, 0.25) is 0 Å². The molecule has 0 bridgehead atoms. The van der Waals surface area contributed by atoms with Crippen LogP contribution in [0.2, 0.25) is 0 Å². The van der Waals surface area contributed by atoms with Crippen LogP contribution in [0.3, 0.4) is 0 Å². The molecule has 2 rings (SSSR count). The molecule has 0 aliphatic rings. The molecule has 0 aliphatic heterocycles. The number of benzene rings is 1. The molecular weight excluding hydrogens is 330 g/mol. The highest BCUT2D eigenvalue weighted by atomic mass is 16.3. The second-order valence-corrected chi connectivity index (χ2v) is 5.67. The summed E-state index contributed by atoms with van der Waals surface area (Å²) in [6.45, 7) is 1.59. The number of nitrogens with zero attached hydrogens (tertiary/aromatic N) is 2. The molecule has 1 aromatic heterocycles. The van der Waals surface area contributed by atoms with Gasteiger partial charge in [-0.25, -0.2) is 0 Å². The number of carbonyl (C=O) groups is 1. The number of aliphatic hydroxyl groups is 1. The van der Waals surface area contributed by atoms with E-state index in [1.54, 1.807) is 25.4 Å². The zero-order valence-electron chi connectivity index (χ0n) is 14.9. The Kier molecular flexibility index (Phi) is 8.08. The number of rotatable bonds is 8. The molecule has 1 atom stereocenters. The summed E-state index contributed by atoms with van der Waals surface area (Å²) < 4.78 is 0. The predicted octanol–water partition coefficient (Wildman–Crippen LogP) is 0.753. The Morgan fingerprint density at radius 2 is 1.88 bits per heavy atom. The van der Waals surface area contributed by atoms with Crippen LogP contribution in [0.25, 0.3) is 0 Å². The summed E-state index contributed by atoms with van der Waals surface area (Å²) >= 11 is 0. The third-order valence-corrected chi connectivity index (χ3v) is 3.86. The van der Waals surface area contributed by atoms with Crippen molar-refractivity contribution < 1.29 is 9.90 Å². The lowest BCUT2D eigenvalue weighted by molar-refractivity contribution is 0.0954. The zero-order chi connectivity index (χ0) is 18.6. The fourth-order valence-corrected chi connectivity index (χ4v) is 2.41. The average molecular weight is 355 g/mol. The van der Waals surface area contributed by atoms with E-state index >= 15 is 0 Å². The molecule has 1 aromatic carbocycles. The molecule has 4 N–H and O–H groups in total. The van der Waals surface area contributed by atoms with Gasteiger partial charge in [-0.2, -0.15) is 0 Å². The predicted molar refractivity (Wildman–Crippen MR) is 102 cm³/mol. The van der Waals surface area contributed by atoms with Crippen LogP contribution in [0, 0.1) is 0 Å². The van der Waals surface area contributed by atoms with Gasteiger partial charge in [-0.05, 0) is 17.7 Å². The molecule has 0 aliphatic carbocycles. The summed E-state index contributed by atoms with van der Waals surface area (Å²) in [5, 5.41) is 18.7. The van der Waals surface area contributed by atoms with Crippen molar-refractivity contribution >= 4 is 11.9 Å². The molecule has 0 saturated carbocycles. The van der Waals surface area contributed by atoms with Crippen LogP contribution < -0.4 is 16.0 Å². The van der Waals surface area contributed by atoms with Crippen LogP contribution in [0.1, 0.15) is 21.8 Å². The number of pyridine rings is 1. The van der Waals surface area contributed by atoms with E-state index in [9.17, 15) is 9.90 Å². The first kappa shape index (κ1) is 19.4. The Bertz CT molecular complexity index is 692. The van der Waals surface area contributed by atoms with E-state index in [1.807, 2.05) is 30.3 Å². The molecule has 0 radical (unpaired) electrons. The molecule has 138 valence electrons. The Balaban J connectivity index is 1.71. The minimum atomic E-state index is -0.160. The van der Waals surface area contributed by atoms with E-state index in [2.05, 4.69) is 25.9 Å². The summed E-state index contributed by atoms with van der Waals surface area (Å²) in [6.07, 6.45) is 3.16. The van der Waals surface area contributed by atoms with E-state index in [1.165, 1.54) is 6.20 Å². The van der Waals surface area contributed by atoms with Crippen LogP contribution in [-0.4, -0.2) is 55.2 Å². The molecule has 0 spiro atoms. The summed E-state index contributed by atoms with van der Waals surface area (Å²) in [6, 6.07) is 13.3. The van der Waals surface area contributed by atoms with Gasteiger partial charge in [0.1, 0.15) is 0 Å². The molecule has 1 heterocycles. The first-order valence-corrected chi connectivity index (χ1v) is 8.53. The molecule has 7 heteroatoms. The standard InChI is InChI=1S/C19H25N5O2/c1-20-19(24-13-17(14-25)15-6-3-2-4-7-15)23-11-10-22-18(26)16-8-5-9-21-12-16/h2-9,12,17,25H,10-11,13-14H2,1H3,(H,22,26)(H2,20,23,24). The summed E-state index contributed by atoms with van der Waals surface area (Å²) in [7, 11) is 1.68. The smallest absolute Gasteiger partial charge is 0.252 e. The molecule has 26 heavy (non-hydrogen) atoms. The van der Waals surface area contributed by atoms with Gasteiger partial charge in [0, 0.05) is 45.0 Å².